The van der Waals surface area contributed by atoms with Gasteiger partial charge in [-0.05, 0) is 12.1 Å². The molecule has 0 aliphatic rings. The lowest BCUT2D eigenvalue weighted by molar-refractivity contribution is 0.0791. The average Bonchev–Trinajstić information content (AvgIpc) is 2.24. The van der Waals surface area contributed by atoms with Crippen LogP contribution < -0.4 is 10.1 Å². The fourth-order valence-electron chi connectivity index (χ4n) is 1.48. The molecule has 1 unspecified atom stereocenters. The van der Waals surface area contributed by atoms with E-state index in [9.17, 15) is 4.39 Å². The third-order valence-electron chi connectivity index (χ3n) is 2.25. The lowest BCUT2D eigenvalue weighted by Crippen LogP contribution is -2.38. The van der Waals surface area contributed by atoms with Crippen molar-refractivity contribution in [3.8, 4) is 5.75 Å². The standard InChI is InChI=1S/C13H19BrFNO2/c1-9(2)16-7-13(8-17-3)18-12-5-10(14)4-11(15)6-12/h4-6,9,13,16H,7-8H2,1-3H3. The van der Waals surface area contributed by atoms with E-state index in [0.29, 0.717) is 29.4 Å². The molecule has 0 fully saturated rings. The Morgan fingerprint density at radius 1 is 1.33 bits per heavy atom. The van der Waals surface area contributed by atoms with E-state index in [-0.39, 0.29) is 11.9 Å². The summed E-state index contributed by atoms with van der Waals surface area (Å²) in [6.07, 6.45) is -0.147. The number of benzene rings is 1. The second kappa shape index (κ2) is 7.71. The van der Waals surface area contributed by atoms with Gasteiger partial charge < -0.3 is 14.8 Å². The van der Waals surface area contributed by atoms with E-state index in [1.54, 1.807) is 13.2 Å². The molecule has 0 heterocycles. The Bertz CT molecular complexity index is 354. The molecular formula is C13H19BrFNO2. The lowest BCUT2D eigenvalue weighted by Gasteiger charge is -2.20. The SMILES string of the molecule is COCC(CNC(C)C)Oc1cc(F)cc(Br)c1. The minimum Gasteiger partial charge on any atom is -0.487 e. The molecule has 1 N–H and O–H groups in total. The summed E-state index contributed by atoms with van der Waals surface area (Å²) in [4.78, 5) is 0. The smallest absolute Gasteiger partial charge is 0.134 e. The van der Waals surface area contributed by atoms with Crippen molar-refractivity contribution in [1.29, 1.82) is 0 Å². The molecule has 18 heavy (non-hydrogen) atoms. The Balaban J connectivity index is 2.63. The quantitative estimate of drug-likeness (QED) is 0.838. The number of hydrogen-bond donors (Lipinski definition) is 1. The van der Waals surface area contributed by atoms with Crippen molar-refractivity contribution in [2.45, 2.75) is 26.0 Å². The maximum Gasteiger partial charge on any atom is 0.134 e. The first kappa shape index (κ1) is 15.4. The highest BCUT2D eigenvalue weighted by molar-refractivity contribution is 9.10. The summed E-state index contributed by atoms with van der Waals surface area (Å²) in [6.45, 7) is 5.22. The number of ether oxygens (including phenoxy) is 2. The minimum atomic E-state index is -0.327. The number of nitrogens with one attached hydrogen (secondary N) is 1. The van der Waals surface area contributed by atoms with Gasteiger partial charge in [0.15, 0.2) is 0 Å². The predicted octanol–water partition coefficient (Wildman–Crippen LogP) is 2.98. The fourth-order valence-corrected chi connectivity index (χ4v) is 1.92. The van der Waals surface area contributed by atoms with Crippen LogP contribution in [-0.4, -0.2) is 32.4 Å². The van der Waals surface area contributed by atoms with Crippen molar-refractivity contribution >= 4 is 15.9 Å². The van der Waals surface area contributed by atoms with Crippen LogP contribution in [0.1, 0.15) is 13.8 Å². The van der Waals surface area contributed by atoms with Crippen molar-refractivity contribution in [2.75, 3.05) is 20.3 Å². The topological polar surface area (TPSA) is 30.5 Å². The molecule has 0 bridgehead atoms. The first-order valence-electron chi connectivity index (χ1n) is 5.86. The normalized spacial score (nSPS) is 12.8. The fraction of sp³-hybridized carbons (Fsp3) is 0.538. The molecule has 1 atom stereocenters. The van der Waals surface area contributed by atoms with Crippen LogP contribution in [0.5, 0.6) is 5.75 Å². The van der Waals surface area contributed by atoms with Gasteiger partial charge in [-0.3, -0.25) is 0 Å². The van der Waals surface area contributed by atoms with Gasteiger partial charge in [-0.1, -0.05) is 29.8 Å². The summed E-state index contributed by atoms with van der Waals surface area (Å²) in [5.41, 5.74) is 0. The average molecular weight is 320 g/mol. The molecule has 102 valence electrons. The Morgan fingerprint density at radius 3 is 2.61 bits per heavy atom. The summed E-state index contributed by atoms with van der Waals surface area (Å²) in [6, 6.07) is 4.86. The van der Waals surface area contributed by atoms with Crippen LogP contribution in [0.2, 0.25) is 0 Å². The Hall–Kier alpha value is -0.650. The van der Waals surface area contributed by atoms with Crippen LogP contribution in [0, 0.1) is 5.82 Å². The lowest BCUT2D eigenvalue weighted by atomic mass is 10.3. The largest absolute Gasteiger partial charge is 0.487 e. The highest BCUT2D eigenvalue weighted by Gasteiger charge is 2.12. The van der Waals surface area contributed by atoms with Crippen molar-refractivity contribution < 1.29 is 13.9 Å². The van der Waals surface area contributed by atoms with E-state index >= 15 is 0 Å². The number of rotatable bonds is 7. The van der Waals surface area contributed by atoms with Crippen LogP contribution in [-0.2, 0) is 4.74 Å². The van der Waals surface area contributed by atoms with Gasteiger partial charge in [0.2, 0.25) is 0 Å². The zero-order chi connectivity index (χ0) is 13.5. The second-order valence-electron chi connectivity index (χ2n) is 4.36. The van der Waals surface area contributed by atoms with Gasteiger partial charge in [0.25, 0.3) is 0 Å². The predicted molar refractivity (Wildman–Crippen MR) is 73.5 cm³/mol. The van der Waals surface area contributed by atoms with Crippen molar-refractivity contribution in [1.82, 2.24) is 5.32 Å². The van der Waals surface area contributed by atoms with E-state index in [1.807, 2.05) is 0 Å². The van der Waals surface area contributed by atoms with Crippen LogP contribution >= 0.6 is 15.9 Å². The van der Waals surface area contributed by atoms with Crippen LogP contribution in [0.15, 0.2) is 22.7 Å². The molecule has 0 amide bonds. The molecule has 0 radical (unpaired) electrons. The zero-order valence-electron chi connectivity index (χ0n) is 10.9. The Labute approximate surface area is 116 Å². The minimum absolute atomic E-state index is 0.147. The van der Waals surface area contributed by atoms with E-state index < -0.39 is 0 Å². The van der Waals surface area contributed by atoms with Gasteiger partial charge in [0, 0.05) is 30.2 Å². The molecule has 0 saturated carbocycles. The molecule has 0 aromatic heterocycles. The summed E-state index contributed by atoms with van der Waals surface area (Å²) in [5.74, 6) is 0.168. The monoisotopic (exact) mass is 319 g/mol. The molecular weight excluding hydrogens is 301 g/mol. The van der Waals surface area contributed by atoms with Gasteiger partial charge >= 0.3 is 0 Å². The number of methoxy groups -OCH3 is 1. The third-order valence-corrected chi connectivity index (χ3v) is 2.70. The van der Waals surface area contributed by atoms with E-state index in [0.717, 1.165) is 0 Å². The molecule has 1 aromatic carbocycles. The van der Waals surface area contributed by atoms with E-state index in [1.165, 1.54) is 12.1 Å². The Morgan fingerprint density at radius 2 is 2.06 bits per heavy atom. The van der Waals surface area contributed by atoms with Crippen molar-refractivity contribution in [3.05, 3.63) is 28.5 Å². The Kier molecular flexibility index (Phi) is 6.60. The van der Waals surface area contributed by atoms with Gasteiger partial charge in [-0.2, -0.15) is 0 Å². The van der Waals surface area contributed by atoms with Gasteiger partial charge in [0.1, 0.15) is 17.7 Å². The molecule has 5 heteroatoms. The summed E-state index contributed by atoms with van der Waals surface area (Å²) in [5, 5.41) is 3.27. The van der Waals surface area contributed by atoms with E-state index in [2.05, 4.69) is 35.1 Å². The van der Waals surface area contributed by atoms with Crippen molar-refractivity contribution in [3.63, 3.8) is 0 Å². The molecule has 3 nitrogen and oxygen atoms in total. The summed E-state index contributed by atoms with van der Waals surface area (Å²) < 4.78 is 24.7. The van der Waals surface area contributed by atoms with Gasteiger partial charge in [-0.15, -0.1) is 0 Å². The van der Waals surface area contributed by atoms with Crippen LogP contribution in [0.4, 0.5) is 4.39 Å². The first-order valence-corrected chi connectivity index (χ1v) is 6.65. The zero-order valence-corrected chi connectivity index (χ0v) is 12.5. The van der Waals surface area contributed by atoms with Crippen molar-refractivity contribution in [2.24, 2.45) is 0 Å². The highest BCUT2D eigenvalue weighted by Crippen LogP contribution is 2.21. The first-order chi connectivity index (χ1) is 8.51. The molecule has 0 saturated heterocycles. The molecule has 0 spiro atoms. The summed E-state index contributed by atoms with van der Waals surface area (Å²) in [7, 11) is 1.62. The third kappa shape index (κ3) is 5.80. The molecule has 1 rings (SSSR count). The van der Waals surface area contributed by atoms with Crippen LogP contribution in [0.3, 0.4) is 0 Å². The molecule has 1 aromatic rings. The molecule has 0 aliphatic carbocycles. The van der Waals surface area contributed by atoms with Gasteiger partial charge in [0.05, 0.1) is 6.61 Å². The second-order valence-corrected chi connectivity index (χ2v) is 5.28. The maximum absolute atomic E-state index is 13.2. The number of hydrogen-bond acceptors (Lipinski definition) is 3. The maximum atomic E-state index is 13.2. The van der Waals surface area contributed by atoms with E-state index in [4.69, 9.17) is 9.47 Å². The number of halogens is 2. The van der Waals surface area contributed by atoms with Crippen LogP contribution in [0.25, 0.3) is 0 Å². The van der Waals surface area contributed by atoms with Gasteiger partial charge in [-0.25, -0.2) is 4.39 Å². The summed E-state index contributed by atoms with van der Waals surface area (Å²) >= 11 is 3.24. The highest BCUT2D eigenvalue weighted by atomic mass is 79.9. The molecule has 0 aliphatic heterocycles.